The fourth-order valence-electron chi connectivity index (χ4n) is 3.55. The third kappa shape index (κ3) is 5.20. The maximum atomic E-state index is 12.4. The topological polar surface area (TPSA) is 55.6 Å². The van der Waals surface area contributed by atoms with E-state index >= 15 is 0 Å². The van der Waals surface area contributed by atoms with Crippen molar-refractivity contribution in [3.8, 4) is 5.75 Å². The third-order valence-electron chi connectivity index (χ3n) is 4.95. The average molecular weight is 637 g/mol. The zero-order valence-corrected chi connectivity index (χ0v) is 21.3. The summed E-state index contributed by atoms with van der Waals surface area (Å²) >= 11 is 4.68. The van der Waals surface area contributed by atoms with Crippen LogP contribution in [0.25, 0.3) is 21.8 Å². The second-order valence-electron chi connectivity index (χ2n) is 7.02. The fraction of sp³-hybridized carbons (Fsp3) is 0.167. The van der Waals surface area contributed by atoms with Crippen LogP contribution in [0, 0.1) is 7.14 Å². The summed E-state index contributed by atoms with van der Waals surface area (Å²) in [6.07, 6.45) is 1.98. The van der Waals surface area contributed by atoms with Gasteiger partial charge in [-0.25, -0.2) is 5.43 Å². The molecule has 0 aliphatic heterocycles. The molecule has 4 rings (SSSR count). The first-order chi connectivity index (χ1) is 15.0. The molecule has 0 unspecified atom stereocenters. The van der Waals surface area contributed by atoms with Crippen molar-refractivity contribution in [1.82, 2.24) is 9.99 Å². The van der Waals surface area contributed by atoms with Crippen molar-refractivity contribution in [1.29, 1.82) is 0 Å². The number of carbonyl (C=O) groups is 1. The van der Waals surface area contributed by atoms with E-state index in [2.05, 4.69) is 96.7 Å². The van der Waals surface area contributed by atoms with E-state index in [9.17, 15) is 4.79 Å². The minimum absolute atomic E-state index is 0.117. The Morgan fingerprint density at radius 1 is 1.00 bits per heavy atom. The second-order valence-corrected chi connectivity index (χ2v) is 9.51. The largest absolute Gasteiger partial charge is 0.494 e. The molecule has 0 spiro atoms. The smallest absolute Gasteiger partial charge is 0.241 e. The van der Waals surface area contributed by atoms with Gasteiger partial charge in [0.25, 0.3) is 0 Å². The van der Waals surface area contributed by atoms with Crippen LogP contribution in [0.1, 0.15) is 18.9 Å². The molecule has 7 heteroatoms. The number of ether oxygens (including phenoxy) is 1. The number of aryl methyl sites for hydroxylation is 1. The molecule has 1 N–H and O–H groups in total. The van der Waals surface area contributed by atoms with Crippen molar-refractivity contribution in [3.63, 3.8) is 0 Å². The molecule has 1 aromatic heterocycles. The van der Waals surface area contributed by atoms with Crippen molar-refractivity contribution in [3.05, 3.63) is 73.4 Å². The molecule has 31 heavy (non-hydrogen) atoms. The maximum Gasteiger partial charge on any atom is 0.241 e. The van der Waals surface area contributed by atoms with E-state index in [-0.39, 0.29) is 5.91 Å². The van der Waals surface area contributed by atoms with Crippen LogP contribution in [0.15, 0.2) is 65.8 Å². The molecule has 0 radical (unpaired) electrons. The van der Waals surface area contributed by atoms with Crippen molar-refractivity contribution < 1.29 is 9.53 Å². The lowest BCUT2D eigenvalue weighted by atomic mass is 10.2. The Balaban J connectivity index is 1.45. The number of aromatic nitrogens is 1. The van der Waals surface area contributed by atoms with Gasteiger partial charge in [-0.1, -0.05) is 0 Å². The van der Waals surface area contributed by atoms with E-state index in [1.165, 1.54) is 17.9 Å². The van der Waals surface area contributed by atoms with Gasteiger partial charge in [-0.15, -0.1) is 0 Å². The van der Waals surface area contributed by atoms with Crippen LogP contribution >= 0.6 is 45.2 Å². The van der Waals surface area contributed by atoms with Gasteiger partial charge >= 0.3 is 0 Å². The highest BCUT2D eigenvalue weighted by Crippen LogP contribution is 2.31. The first-order valence-corrected chi connectivity index (χ1v) is 12.1. The van der Waals surface area contributed by atoms with Gasteiger partial charge in [0, 0.05) is 41.9 Å². The highest BCUT2D eigenvalue weighted by Gasteiger charge is 2.12. The molecule has 3 aromatic carbocycles. The summed E-state index contributed by atoms with van der Waals surface area (Å²) in [5, 5.41) is 6.52. The third-order valence-corrected chi connectivity index (χ3v) is 6.29. The van der Waals surface area contributed by atoms with Crippen molar-refractivity contribution >= 4 is 79.1 Å². The Labute approximate surface area is 208 Å². The number of nitrogens with zero attached hydrogens (tertiary/aromatic N) is 2. The second kappa shape index (κ2) is 9.99. The summed E-state index contributed by atoms with van der Waals surface area (Å²) in [5.74, 6) is 0.701. The van der Waals surface area contributed by atoms with Gasteiger partial charge in [-0.2, -0.15) is 5.10 Å². The van der Waals surface area contributed by atoms with Crippen LogP contribution in [0.3, 0.4) is 0 Å². The van der Waals surface area contributed by atoms with Gasteiger partial charge in [0.05, 0.1) is 12.8 Å². The highest BCUT2D eigenvalue weighted by molar-refractivity contribution is 14.1. The number of hydrazone groups is 1. The van der Waals surface area contributed by atoms with Gasteiger partial charge < -0.3 is 9.30 Å². The molecule has 158 valence electrons. The highest BCUT2D eigenvalue weighted by atomic mass is 127. The van der Waals surface area contributed by atoms with E-state index in [1.807, 2.05) is 31.2 Å². The molecular formula is C24H21I2N3O2. The van der Waals surface area contributed by atoms with E-state index in [4.69, 9.17) is 4.74 Å². The number of carbonyl (C=O) groups excluding carboxylic acids is 1. The van der Waals surface area contributed by atoms with E-state index in [1.54, 1.807) is 6.21 Å². The van der Waals surface area contributed by atoms with Crippen molar-refractivity contribution in [2.24, 2.45) is 5.10 Å². The Bertz CT molecular complexity index is 1200. The van der Waals surface area contributed by atoms with Crippen LogP contribution < -0.4 is 10.2 Å². The summed E-state index contributed by atoms with van der Waals surface area (Å²) in [7, 11) is 0. The van der Waals surface area contributed by atoms with Crippen LogP contribution in [0.5, 0.6) is 5.75 Å². The van der Waals surface area contributed by atoms with Gasteiger partial charge in [0.2, 0.25) is 5.91 Å². The Morgan fingerprint density at radius 3 is 2.19 bits per heavy atom. The van der Waals surface area contributed by atoms with Crippen molar-refractivity contribution in [2.75, 3.05) is 6.61 Å². The Hall–Kier alpha value is -2.14. The number of rotatable bonds is 7. The number of nitrogens with one attached hydrogen (secondary N) is 1. The van der Waals surface area contributed by atoms with E-state index in [0.29, 0.717) is 19.6 Å². The zero-order valence-electron chi connectivity index (χ0n) is 16.9. The number of hydrogen-bond acceptors (Lipinski definition) is 3. The molecule has 5 nitrogen and oxygen atoms in total. The van der Waals surface area contributed by atoms with Gasteiger partial charge in [-0.05, 0) is 118 Å². The molecule has 4 aromatic rings. The first kappa shape index (κ1) is 22.1. The summed E-state index contributed by atoms with van der Waals surface area (Å²) in [6.45, 7) is 3.17. The predicted molar refractivity (Wildman–Crippen MR) is 143 cm³/mol. The van der Waals surface area contributed by atoms with Gasteiger partial charge in [0.1, 0.15) is 5.75 Å². The number of benzene rings is 3. The monoisotopic (exact) mass is 637 g/mol. The quantitative estimate of drug-likeness (QED) is 0.155. The zero-order chi connectivity index (χ0) is 21.8. The fourth-order valence-corrected chi connectivity index (χ4v) is 4.54. The van der Waals surface area contributed by atoms with Crippen LogP contribution in [-0.2, 0) is 11.3 Å². The van der Waals surface area contributed by atoms with E-state index < -0.39 is 0 Å². The number of amides is 1. The number of halogens is 2. The molecule has 0 fully saturated rings. The Morgan fingerprint density at radius 2 is 1.61 bits per heavy atom. The van der Waals surface area contributed by atoms with Crippen LogP contribution in [0.4, 0.5) is 0 Å². The molecular weight excluding hydrogens is 616 g/mol. The molecule has 0 saturated carbocycles. The molecule has 0 saturated heterocycles. The summed E-state index contributed by atoms with van der Waals surface area (Å²) < 4.78 is 10.0. The number of hydrogen-bond donors (Lipinski definition) is 1. The van der Waals surface area contributed by atoms with Gasteiger partial charge in [-0.3, -0.25) is 4.79 Å². The maximum absolute atomic E-state index is 12.4. The van der Waals surface area contributed by atoms with Gasteiger partial charge in [0.15, 0.2) is 0 Å². The van der Waals surface area contributed by atoms with Crippen LogP contribution in [0.2, 0.25) is 0 Å². The lowest BCUT2D eigenvalue weighted by Crippen LogP contribution is -2.19. The molecule has 1 heterocycles. The SMILES string of the molecule is CCOc1ccc(/C=N/NC(=O)CCn2c3ccc(I)cc3c3cc(I)ccc32)cc1. The minimum Gasteiger partial charge on any atom is -0.494 e. The summed E-state index contributed by atoms with van der Waals surface area (Å²) in [6, 6.07) is 20.4. The van der Waals surface area contributed by atoms with Crippen molar-refractivity contribution in [2.45, 2.75) is 19.9 Å². The molecule has 0 atom stereocenters. The standard InChI is InChI=1S/C24H21I2N3O2/c1-2-31-19-7-3-16(4-8-19)15-27-28-24(30)11-12-29-22-9-5-17(25)13-20(22)21-14-18(26)6-10-23(21)29/h3-10,13-15H,2,11-12H2,1H3,(H,28,30)/b27-15+. The Kier molecular flexibility index (Phi) is 7.11. The summed E-state index contributed by atoms with van der Waals surface area (Å²) in [4.78, 5) is 12.4. The molecule has 0 aliphatic carbocycles. The van der Waals surface area contributed by atoms with Crippen LogP contribution in [-0.4, -0.2) is 23.3 Å². The minimum atomic E-state index is -0.117. The molecule has 1 amide bonds. The predicted octanol–water partition coefficient (Wildman–Crippen LogP) is 5.94. The number of fused-ring (bicyclic) bond motifs is 3. The summed E-state index contributed by atoms with van der Waals surface area (Å²) in [5.41, 5.74) is 5.81. The molecule has 0 aliphatic rings. The molecule has 0 bridgehead atoms. The first-order valence-electron chi connectivity index (χ1n) is 9.97. The average Bonchev–Trinajstić information content (AvgIpc) is 3.06. The van der Waals surface area contributed by atoms with E-state index in [0.717, 1.165) is 22.3 Å². The lowest BCUT2D eigenvalue weighted by Gasteiger charge is -2.07. The normalized spacial score (nSPS) is 11.5. The lowest BCUT2D eigenvalue weighted by molar-refractivity contribution is -0.121.